The van der Waals surface area contributed by atoms with Crippen LogP contribution in [0.4, 0.5) is 0 Å². The van der Waals surface area contributed by atoms with E-state index in [1.165, 1.54) is 5.56 Å². The summed E-state index contributed by atoms with van der Waals surface area (Å²) in [5.74, 6) is 2.17. The summed E-state index contributed by atoms with van der Waals surface area (Å²) in [5, 5.41) is 5.75. The van der Waals surface area contributed by atoms with Gasteiger partial charge < -0.3 is 24.8 Å². The summed E-state index contributed by atoms with van der Waals surface area (Å²) < 4.78 is 16.4. The fraction of sp³-hybridized carbons (Fsp3) is 0.733. The molecule has 0 radical (unpaired) electrons. The van der Waals surface area contributed by atoms with E-state index in [0.717, 1.165) is 56.4 Å². The lowest BCUT2D eigenvalue weighted by Gasteiger charge is -2.40. The van der Waals surface area contributed by atoms with E-state index in [0.29, 0.717) is 32.6 Å². The van der Waals surface area contributed by atoms with Crippen LogP contribution >= 0.6 is 0 Å². The number of methoxy groups -OCH3 is 2. The van der Waals surface area contributed by atoms with Crippen LogP contribution in [0.1, 0.15) is 84.6 Å². The summed E-state index contributed by atoms with van der Waals surface area (Å²) in [5.41, 5.74) is 0.857. The first-order valence-corrected chi connectivity index (χ1v) is 14.0. The van der Waals surface area contributed by atoms with E-state index in [2.05, 4.69) is 50.5 Å². The zero-order chi connectivity index (χ0) is 27.7. The monoisotopic (exact) mass is 520 g/mol. The molecule has 0 saturated carbocycles. The minimum atomic E-state index is -0.391. The van der Waals surface area contributed by atoms with Gasteiger partial charge in [-0.2, -0.15) is 0 Å². The second-order valence-electron chi connectivity index (χ2n) is 10.5. The van der Waals surface area contributed by atoms with Crippen LogP contribution in [0, 0.1) is 17.3 Å². The lowest BCUT2D eigenvalue weighted by atomic mass is 9.65. The molecule has 1 rings (SSSR count). The Hall–Kier alpha value is -2.28. The molecule has 7 nitrogen and oxygen atoms in total. The number of amides is 2. The molecule has 0 atom stereocenters. The van der Waals surface area contributed by atoms with Crippen molar-refractivity contribution in [1.29, 1.82) is 0 Å². The van der Waals surface area contributed by atoms with Gasteiger partial charge in [0, 0.05) is 40.2 Å². The number of ether oxygens (including phenoxy) is 3. The van der Waals surface area contributed by atoms with Gasteiger partial charge >= 0.3 is 0 Å². The molecule has 0 aliphatic heterocycles. The molecule has 0 spiro atoms. The average Bonchev–Trinajstić information content (AvgIpc) is 2.88. The third-order valence-corrected chi connectivity index (χ3v) is 7.41. The maximum atomic E-state index is 13.3. The number of benzene rings is 1. The largest absolute Gasteiger partial charge is 0.493 e. The van der Waals surface area contributed by atoms with Gasteiger partial charge in [0.1, 0.15) is 0 Å². The number of rotatable bonds is 20. The van der Waals surface area contributed by atoms with E-state index >= 15 is 0 Å². The predicted octanol–water partition coefficient (Wildman–Crippen LogP) is 5.54. The Bertz CT molecular complexity index is 786. The van der Waals surface area contributed by atoms with Gasteiger partial charge in [-0.1, -0.05) is 53.0 Å². The van der Waals surface area contributed by atoms with Gasteiger partial charge in [-0.25, -0.2) is 0 Å². The molecule has 7 heteroatoms. The lowest BCUT2D eigenvalue weighted by Crippen LogP contribution is -2.48. The molecule has 2 amide bonds. The molecular formula is C30H52N2O5. The number of unbranched alkanes of at least 4 members (excludes halogenated alkanes) is 3. The standard InChI is InChI=1S/C30H52N2O5/c1-23(2)30(24(3)4,29(34)32-19-12-15-28(33)31-5)18-11-9-8-10-14-25-16-17-26(36-7)27(22-25)37-21-13-20-35-6/h16-17,22-24H,8-15,18-21H2,1-7H3,(H,31,33)(H,32,34). The highest BCUT2D eigenvalue weighted by Gasteiger charge is 2.43. The topological polar surface area (TPSA) is 85.9 Å². The number of carbonyl (C=O) groups is 2. The van der Waals surface area contributed by atoms with Gasteiger partial charge in [0.15, 0.2) is 11.5 Å². The first-order chi connectivity index (χ1) is 17.7. The van der Waals surface area contributed by atoms with Crippen LogP contribution in [0.2, 0.25) is 0 Å². The van der Waals surface area contributed by atoms with Crippen molar-refractivity contribution < 1.29 is 23.8 Å². The third-order valence-electron chi connectivity index (χ3n) is 7.41. The Morgan fingerprint density at radius 1 is 0.892 bits per heavy atom. The second-order valence-corrected chi connectivity index (χ2v) is 10.5. The van der Waals surface area contributed by atoms with Crippen molar-refractivity contribution in [2.24, 2.45) is 17.3 Å². The predicted molar refractivity (Wildman–Crippen MR) is 150 cm³/mol. The van der Waals surface area contributed by atoms with Crippen LogP contribution in [-0.4, -0.2) is 52.8 Å². The minimum absolute atomic E-state index is 0.00805. The summed E-state index contributed by atoms with van der Waals surface area (Å²) in [4.78, 5) is 24.8. The molecule has 0 heterocycles. The molecule has 0 bridgehead atoms. The van der Waals surface area contributed by atoms with Gasteiger partial charge in [-0.05, 0) is 55.2 Å². The van der Waals surface area contributed by atoms with E-state index in [1.54, 1.807) is 21.3 Å². The van der Waals surface area contributed by atoms with Crippen LogP contribution in [0.15, 0.2) is 18.2 Å². The molecular weight excluding hydrogens is 468 g/mol. The van der Waals surface area contributed by atoms with Crippen LogP contribution < -0.4 is 20.1 Å². The maximum absolute atomic E-state index is 13.3. The second kappa shape index (κ2) is 18.1. The van der Waals surface area contributed by atoms with E-state index in [-0.39, 0.29) is 23.7 Å². The van der Waals surface area contributed by atoms with Gasteiger partial charge in [-0.15, -0.1) is 0 Å². The van der Waals surface area contributed by atoms with Crippen molar-refractivity contribution in [3.8, 4) is 11.5 Å². The third kappa shape index (κ3) is 10.9. The van der Waals surface area contributed by atoms with Crippen LogP contribution in [0.25, 0.3) is 0 Å². The van der Waals surface area contributed by atoms with Crippen LogP contribution in [-0.2, 0) is 20.7 Å². The summed E-state index contributed by atoms with van der Waals surface area (Å²) in [6.45, 7) is 10.4. The number of hydrogen-bond donors (Lipinski definition) is 2. The molecule has 0 unspecified atom stereocenters. The summed E-state index contributed by atoms with van der Waals surface area (Å²) in [6.07, 6.45) is 8.14. The van der Waals surface area contributed by atoms with Crippen LogP contribution in [0.3, 0.4) is 0 Å². The zero-order valence-corrected chi connectivity index (χ0v) is 24.4. The molecule has 0 aliphatic carbocycles. The van der Waals surface area contributed by atoms with Gasteiger partial charge in [-0.3, -0.25) is 9.59 Å². The van der Waals surface area contributed by atoms with Crippen molar-refractivity contribution in [3.63, 3.8) is 0 Å². The van der Waals surface area contributed by atoms with E-state index in [9.17, 15) is 9.59 Å². The van der Waals surface area contributed by atoms with Crippen molar-refractivity contribution in [3.05, 3.63) is 23.8 Å². The molecule has 0 aromatic heterocycles. The zero-order valence-electron chi connectivity index (χ0n) is 24.4. The molecule has 0 fully saturated rings. The Balaban J connectivity index is 2.56. The van der Waals surface area contributed by atoms with Crippen molar-refractivity contribution in [2.45, 2.75) is 85.5 Å². The quantitative estimate of drug-likeness (QED) is 0.220. The highest BCUT2D eigenvalue weighted by molar-refractivity contribution is 5.83. The molecule has 0 saturated heterocycles. The van der Waals surface area contributed by atoms with Gasteiger partial charge in [0.25, 0.3) is 0 Å². The minimum Gasteiger partial charge on any atom is -0.493 e. The van der Waals surface area contributed by atoms with E-state index in [1.807, 2.05) is 6.07 Å². The maximum Gasteiger partial charge on any atom is 0.226 e. The normalized spacial score (nSPS) is 11.6. The molecule has 1 aromatic rings. The number of aryl methyl sites for hydroxylation is 1. The summed E-state index contributed by atoms with van der Waals surface area (Å²) in [7, 11) is 4.99. The van der Waals surface area contributed by atoms with Crippen molar-refractivity contribution >= 4 is 11.8 Å². The van der Waals surface area contributed by atoms with Crippen molar-refractivity contribution in [1.82, 2.24) is 10.6 Å². The highest BCUT2D eigenvalue weighted by atomic mass is 16.5. The molecule has 212 valence electrons. The van der Waals surface area contributed by atoms with Gasteiger partial charge in [0.05, 0.1) is 19.1 Å². The summed E-state index contributed by atoms with van der Waals surface area (Å²) in [6, 6.07) is 6.18. The lowest BCUT2D eigenvalue weighted by molar-refractivity contribution is -0.138. The number of carbonyl (C=O) groups excluding carboxylic acids is 2. The highest BCUT2D eigenvalue weighted by Crippen LogP contribution is 2.41. The fourth-order valence-electron chi connectivity index (χ4n) is 5.10. The van der Waals surface area contributed by atoms with Crippen molar-refractivity contribution in [2.75, 3.05) is 41.0 Å². The Kier molecular flexibility index (Phi) is 16.0. The Morgan fingerprint density at radius 3 is 2.22 bits per heavy atom. The number of nitrogens with one attached hydrogen (secondary N) is 2. The Morgan fingerprint density at radius 2 is 1.59 bits per heavy atom. The Labute approximate surface area is 225 Å². The SMILES string of the molecule is CNC(=O)CCCNC(=O)C(CCCCCCc1ccc(OC)c(OCCCOC)c1)(C(C)C)C(C)C. The van der Waals surface area contributed by atoms with Gasteiger partial charge in [0.2, 0.25) is 11.8 Å². The van der Waals surface area contributed by atoms with E-state index < -0.39 is 5.41 Å². The molecule has 0 aliphatic rings. The number of hydrogen-bond acceptors (Lipinski definition) is 5. The van der Waals surface area contributed by atoms with Crippen LogP contribution in [0.5, 0.6) is 11.5 Å². The first-order valence-electron chi connectivity index (χ1n) is 14.0. The van der Waals surface area contributed by atoms with E-state index in [4.69, 9.17) is 14.2 Å². The molecule has 1 aromatic carbocycles. The smallest absolute Gasteiger partial charge is 0.226 e. The fourth-order valence-corrected chi connectivity index (χ4v) is 5.10. The molecule has 2 N–H and O–H groups in total. The first kappa shape index (κ1) is 32.7. The molecule has 37 heavy (non-hydrogen) atoms. The average molecular weight is 521 g/mol. The summed E-state index contributed by atoms with van der Waals surface area (Å²) >= 11 is 0.